The Morgan fingerprint density at radius 2 is 1.65 bits per heavy atom. The molecule has 0 unspecified atom stereocenters. The third-order valence-corrected chi connectivity index (χ3v) is 5.75. The van der Waals surface area contributed by atoms with Crippen LogP contribution in [0.15, 0.2) is 47.6 Å². The summed E-state index contributed by atoms with van der Waals surface area (Å²) in [5.74, 6) is -1.65. The van der Waals surface area contributed by atoms with Gasteiger partial charge in [-0.25, -0.2) is 9.59 Å². The molecule has 3 aromatic rings. The number of ether oxygens (including phenoxy) is 2. The lowest BCUT2D eigenvalue weighted by Crippen LogP contribution is -2.16. The fourth-order valence-electron chi connectivity index (χ4n) is 3.11. The van der Waals surface area contributed by atoms with E-state index in [1.165, 1.54) is 38.0 Å². The first-order valence-corrected chi connectivity index (χ1v) is 11.6. The van der Waals surface area contributed by atoms with E-state index in [0.717, 1.165) is 36.7 Å². The summed E-state index contributed by atoms with van der Waals surface area (Å²) in [5, 5.41) is 14.9. The number of nitrogens with one attached hydrogen (secondary N) is 1. The van der Waals surface area contributed by atoms with Crippen LogP contribution in [0.5, 0.6) is 0 Å². The van der Waals surface area contributed by atoms with Crippen LogP contribution in [0.2, 0.25) is 0 Å². The lowest BCUT2D eigenvalue weighted by molar-refractivity contribution is -0.113. The average Bonchev–Trinajstić information content (AvgIpc) is 3.34. The Labute approximate surface area is 201 Å². The molecule has 3 rings (SSSR count). The lowest BCUT2D eigenvalue weighted by Gasteiger charge is -2.10. The van der Waals surface area contributed by atoms with Crippen LogP contribution < -0.4 is 5.32 Å². The Morgan fingerprint density at radius 1 is 1.00 bits per heavy atom. The molecule has 1 aromatic heterocycles. The van der Waals surface area contributed by atoms with E-state index in [-0.39, 0.29) is 28.5 Å². The summed E-state index contributed by atoms with van der Waals surface area (Å²) in [4.78, 5) is 36.4. The SMILES string of the molecule is CCCCc1ccc(-n2nnnc2SCC(=O)Nc2cc(C(=O)OC)cc(C(=O)OC)c2)cc1. The van der Waals surface area contributed by atoms with Crippen molar-refractivity contribution in [3.05, 3.63) is 59.2 Å². The summed E-state index contributed by atoms with van der Waals surface area (Å²) in [6.07, 6.45) is 3.28. The number of aromatic nitrogens is 4. The second-order valence-electron chi connectivity index (χ2n) is 7.26. The molecule has 0 fully saturated rings. The van der Waals surface area contributed by atoms with Crippen molar-refractivity contribution in [2.45, 2.75) is 31.3 Å². The van der Waals surface area contributed by atoms with Crippen LogP contribution in [0, 0.1) is 0 Å². The van der Waals surface area contributed by atoms with Gasteiger partial charge >= 0.3 is 11.9 Å². The zero-order valence-electron chi connectivity index (χ0n) is 19.1. The van der Waals surface area contributed by atoms with Gasteiger partial charge in [0.1, 0.15) is 0 Å². The highest BCUT2D eigenvalue weighted by Gasteiger charge is 2.16. The molecule has 0 spiro atoms. The fourth-order valence-corrected chi connectivity index (χ4v) is 3.80. The maximum absolute atomic E-state index is 12.6. The van der Waals surface area contributed by atoms with E-state index in [4.69, 9.17) is 9.47 Å². The van der Waals surface area contributed by atoms with Crippen LogP contribution >= 0.6 is 11.8 Å². The van der Waals surface area contributed by atoms with Crippen molar-refractivity contribution in [2.75, 3.05) is 25.3 Å². The number of hydrogen-bond acceptors (Lipinski definition) is 9. The number of hydrogen-bond donors (Lipinski definition) is 1. The number of unbranched alkanes of at least 4 members (excludes halogenated alkanes) is 1. The Balaban J connectivity index is 1.68. The van der Waals surface area contributed by atoms with Gasteiger partial charge in [-0.3, -0.25) is 4.79 Å². The number of carbonyl (C=O) groups excluding carboxylic acids is 3. The molecule has 1 amide bonds. The molecule has 0 radical (unpaired) electrons. The highest BCUT2D eigenvalue weighted by atomic mass is 32.2. The summed E-state index contributed by atoms with van der Waals surface area (Å²) in [7, 11) is 2.45. The summed E-state index contributed by atoms with van der Waals surface area (Å²) in [5.41, 5.74) is 2.52. The van der Waals surface area contributed by atoms with Gasteiger partial charge in [-0.05, 0) is 59.2 Å². The molecule has 1 heterocycles. The molecular weight excluding hydrogens is 458 g/mol. The number of anilines is 1. The molecule has 0 saturated heterocycles. The van der Waals surface area contributed by atoms with Crippen molar-refractivity contribution in [1.29, 1.82) is 0 Å². The predicted octanol–water partition coefficient (Wildman–Crippen LogP) is 3.31. The van der Waals surface area contributed by atoms with Crippen molar-refractivity contribution in [2.24, 2.45) is 0 Å². The maximum Gasteiger partial charge on any atom is 0.337 e. The van der Waals surface area contributed by atoms with Gasteiger partial charge in [0, 0.05) is 5.69 Å². The van der Waals surface area contributed by atoms with Crippen LogP contribution in [0.25, 0.3) is 5.69 Å². The molecule has 178 valence electrons. The molecular formula is C23H25N5O5S. The van der Waals surface area contributed by atoms with Gasteiger partial charge in [-0.1, -0.05) is 37.2 Å². The molecule has 0 saturated carbocycles. The summed E-state index contributed by atoms with van der Waals surface area (Å²) in [6.45, 7) is 2.16. The highest BCUT2D eigenvalue weighted by Crippen LogP contribution is 2.21. The van der Waals surface area contributed by atoms with Gasteiger partial charge < -0.3 is 14.8 Å². The van der Waals surface area contributed by atoms with Crippen molar-refractivity contribution in [3.63, 3.8) is 0 Å². The van der Waals surface area contributed by atoms with Gasteiger partial charge in [0.25, 0.3) is 0 Å². The van der Waals surface area contributed by atoms with E-state index in [9.17, 15) is 14.4 Å². The molecule has 0 aliphatic carbocycles. The highest BCUT2D eigenvalue weighted by molar-refractivity contribution is 7.99. The van der Waals surface area contributed by atoms with E-state index in [1.807, 2.05) is 24.3 Å². The Bertz CT molecular complexity index is 1130. The number of benzene rings is 2. The number of aryl methyl sites for hydroxylation is 1. The van der Waals surface area contributed by atoms with E-state index in [0.29, 0.717) is 5.16 Å². The molecule has 10 nitrogen and oxygen atoms in total. The molecule has 2 aromatic carbocycles. The number of amides is 1. The second-order valence-corrected chi connectivity index (χ2v) is 8.20. The first-order valence-electron chi connectivity index (χ1n) is 10.6. The van der Waals surface area contributed by atoms with E-state index >= 15 is 0 Å². The van der Waals surface area contributed by atoms with Gasteiger partial charge in [0.2, 0.25) is 11.1 Å². The minimum atomic E-state index is -0.643. The van der Waals surface area contributed by atoms with Crippen LogP contribution in [-0.4, -0.2) is 58.0 Å². The Kier molecular flexibility index (Phi) is 8.74. The van der Waals surface area contributed by atoms with Crippen LogP contribution in [0.3, 0.4) is 0 Å². The normalized spacial score (nSPS) is 10.6. The van der Waals surface area contributed by atoms with Crippen LogP contribution in [0.4, 0.5) is 5.69 Å². The number of methoxy groups -OCH3 is 2. The molecule has 0 atom stereocenters. The summed E-state index contributed by atoms with van der Waals surface area (Å²) >= 11 is 1.16. The van der Waals surface area contributed by atoms with Crippen LogP contribution in [-0.2, 0) is 20.7 Å². The summed E-state index contributed by atoms with van der Waals surface area (Å²) < 4.78 is 11.0. The van der Waals surface area contributed by atoms with Crippen molar-refractivity contribution < 1.29 is 23.9 Å². The smallest absolute Gasteiger partial charge is 0.337 e. The molecule has 0 aliphatic rings. The largest absolute Gasteiger partial charge is 0.465 e. The topological polar surface area (TPSA) is 125 Å². The van der Waals surface area contributed by atoms with E-state index in [2.05, 4.69) is 27.8 Å². The number of thioether (sulfide) groups is 1. The lowest BCUT2D eigenvalue weighted by atomic mass is 10.1. The molecule has 34 heavy (non-hydrogen) atoms. The van der Waals surface area contributed by atoms with Gasteiger partial charge in [-0.15, -0.1) is 5.10 Å². The number of carbonyl (C=O) groups is 3. The zero-order chi connectivity index (χ0) is 24.5. The van der Waals surface area contributed by atoms with Crippen molar-refractivity contribution >= 4 is 35.3 Å². The summed E-state index contributed by atoms with van der Waals surface area (Å²) in [6, 6.07) is 12.2. The number of nitrogens with zero attached hydrogens (tertiary/aromatic N) is 4. The monoisotopic (exact) mass is 483 g/mol. The van der Waals surface area contributed by atoms with Crippen molar-refractivity contribution in [3.8, 4) is 5.69 Å². The first kappa shape index (κ1) is 24.9. The predicted molar refractivity (Wildman–Crippen MR) is 126 cm³/mol. The van der Waals surface area contributed by atoms with E-state index in [1.54, 1.807) is 4.68 Å². The molecule has 0 bridgehead atoms. The van der Waals surface area contributed by atoms with Gasteiger partial charge in [0.05, 0.1) is 36.8 Å². The minimum absolute atomic E-state index is 0.00493. The Hall–Kier alpha value is -3.73. The van der Waals surface area contributed by atoms with E-state index < -0.39 is 11.9 Å². The number of esters is 2. The second kappa shape index (κ2) is 11.9. The quantitative estimate of drug-likeness (QED) is 0.341. The standard InChI is InChI=1S/C23H25N5O5S/c1-4-5-6-15-7-9-19(10-8-15)28-23(25-26-27-28)34-14-20(29)24-18-12-16(21(30)32-2)11-17(13-18)22(31)33-3/h7-13H,4-6,14H2,1-3H3,(H,24,29). The fraction of sp³-hybridized carbons (Fsp3) is 0.304. The maximum atomic E-state index is 12.6. The van der Waals surface area contributed by atoms with Crippen molar-refractivity contribution in [1.82, 2.24) is 20.2 Å². The Morgan fingerprint density at radius 3 is 2.24 bits per heavy atom. The minimum Gasteiger partial charge on any atom is -0.465 e. The molecule has 11 heteroatoms. The third-order valence-electron chi connectivity index (χ3n) is 4.83. The number of tetrazole rings is 1. The van der Waals surface area contributed by atoms with Gasteiger partial charge in [-0.2, -0.15) is 4.68 Å². The first-order chi connectivity index (χ1) is 16.4. The molecule has 0 aliphatic heterocycles. The number of rotatable bonds is 10. The zero-order valence-corrected chi connectivity index (χ0v) is 19.9. The molecule has 1 N–H and O–H groups in total. The van der Waals surface area contributed by atoms with Gasteiger partial charge in [0.15, 0.2) is 0 Å². The third kappa shape index (κ3) is 6.41. The average molecular weight is 484 g/mol. The van der Waals surface area contributed by atoms with Crippen LogP contribution in [0.1, 0.15) is 46.0 Å².